The Kier molecular flexibility index (Phi) is 4.48. The Bertz CT molecular complexity index is 456. The Labute approximate surface area is 121 Å². The van der Waals surface area contributed by atoms with E-state index in [0.717, 1.165) is 25.6 Å². The fraction of sp³-hybridized carbons (Fsp3) is 0.588. The van der Waals surface area contributed by atoms with Gasteiger partial charge in [0.25, 0.3) is 0 Å². The van der Waals surface area contributed by atoms with Gasteiger partial charge < -0.3 is 5.11 Å². The lowest BCUT2D eigenvalue weighted by Crippen LogP contribution is -2.40. The smallest absolute Gasteiger partial charge is 0.335 e. The fourth-order valence-corrected chi connectivity index (χ4v) is 2.81. The average molecular weight is 275 g/mol. The van der Waals surface area contributed by atoms with Gasteiger partial charge >= 0.3 is 5.97 Å². The molecule has 0 unspecified atom stereocenters. The molecule has 0 atom stereocenters. The van der Waals surface area contributed by atoms with Crippen molar-refractivity contribution in [1.82, 2.24) is 4.90 Å². The molecule has 0 saturated carbocycles. The van der Waals surface area contributed by atoms with E-state index in [1.54, 1.807) is 12.1 Å². The van der Waals surface area contributed by atoms with Crippen molar-refractivity contribution in [3.8, 4) is 0 Å². The second-order valence-electron chi connectivity index (χ2n) is 6.59. The van der Waals surface area contributed by atoms with Gasteiger partial charge in [-0.3, -0.25) is 4.90 Å². The zero-order valence-corrected chi connectivity index (χ0v) is 12.7. The third-order valence-electron chi connectivity index (χ3n) is 5.00. The van der Waals surface area contributed by atoms with Crippen LogP contribution in [0.15, 0.2) is 24.3 Å². The SMILES string of the molecule is CC(C)C1(C)CCN(Cc2ccc(C(=O)O)cc2)CC1. The molecular formula is C17H25NO2. The molecule has 3 nitrogen and oxygen atoms in total. The van der Waals surface area contributed by atoms with Gasteiger partial charge in [0.05, 0.1) is 5.56 Å². The van der Waals surface area contributed by atoms with E-state index in [1.165, 1.54) is 18.4 Å². The second kappa shape index (κ2) is 5.96. The van der Waals surface area contributed by atoms with Crippen molar-refractivity contribution in [3.05, 3.63) is 35.4 Å². The van der Waals surface area contributed by atoms with Crippen molar-refractivity contribution in [3.63, 3.8) is 0 Å². The minimum atomic E-state index is -0.859. The van der Waals surface area contributed by atoms with Crippen LogP contribution >= 0.6 is 0 Å². The topological polar surface area (TPSA) is 40.5 Å². The maximum atomic E-state index is 10.8. The quantitative estimate of drug-likeness (QED) is 0.912. The van der Waals surface area contributed by atoms with Crippen LogP contribution in [-0.2, 0) is 6.54 Å². The molecule has 1 aromatic carbocycles. The molecule has 1 N–H and O–H groups in total. The normalized spacial score (nSPS) is 19.2. The van der Waals surface area contributed by atoms with Crippen molar-refractivity contribution >= 4 is 5.97 Å². The number of carbonyl (C=O) groups is 1. The van der Waals surface area contributed by atoms with Crippen molar-refractivity contribution in [1.29, 1.82) is 0 Å². The highest BCUT2D eigenvalue weighted by atomic mass is 16.4. The Morgan fingerprint density at radius 2 is 1.80 bits per heavy atom. The Hall–Kier alpha value is -1.35. The molecule has 0 bridgehead atoms. The molecule has 110 valence electrons. The Morgan fingerprint density at radius 1 is 1.25 bits per heavy atom. The summed E-state index contributed by atoms with van der Waals surface area (Å²) in [4.78, 5) is 13.3. The Balaban J connectivity index is 1.91. The zero-order chi connectivity index (χ0) is 14.8. The van der Waals surface area contributed by atoms with Gasteiger partial charge in [-0.15, -0.1) is 0 Å². The number of aromatic carboxylic acids is 1. The van der Waals surface area contributed by atoms with Gasteiger partial charge in [0.1, 0.15) is 0 Å². The van der Waals surface area contributed by atoms with Crippen molar-refractivity contribution in [2.24, 2.45) is 11.3 Å². The number of hydrogen-bond donors (Lipinski definition) is 1. The predicted octanol–water partition coefficient (Wildman–Crippen LogP) is 3.64. The highest BCUT2D eigenvalue weighted by Crippen LogP contribution is 2.38. The first-order chi connectivity index (χ1) is 9.40. The zero-order valence-electron chi connectivity index (χ0n) is 12.7. The second-order valence-corrected chi connectivity index (χ2v) is 6.59. The minimum Gasteiger partial charge on any atom is -0.478 e. The number of carboxylic acid groups (broad SMARTS) is 1. The summed E-state index contributed by atoms with van der Waals surface area (Å²) in [5.41, 5.74) is 2.03. The lowest BCUT2D eigenvalue weighted by molar-refractivity contribution is 0.0696. The maximum absolute atomic E-state index is 10.8. The van der Waals surface area contributed by atoms with Gasteiger partial charge in [0, 0.05) is 6.54 Å². The summed E-state index contributed by atoms with van der Waals surface area (Å²) >= 11 is 0. The summed E-state index contributed by atoms with van der Waals surface area (Å²) in [7, 11) is 0. The summed E-state index contributed by atoms with van der Waals surface area (Å²) in [5, 5.41) is 8.90. The van der Waals surface area contributed by atoms with Crippen LogP contribution in [0, 0.1) is 11.3 Å². The molecule has 0 spiro atoms. The molecule has 1 aromatic rings. The van der Waals surface area contributed by atoms with E-state index in [1.807, 2.05) is 12.1 Å². The molecule has 2 rings (SSSR count). The molecule has 1 fully saturated rings. The molecule has 1 aliphatic rings. The monoisotopic (exact) mass is 275 g/mol. The summed E-state index contributed by atoms with van der Waals surface area (Å²) in [5.74, 6) is -0.123. The number of hydrogen-bond acceptors (Lipinski definition) is 2. The van der Waals surface area contributed by atoms with E-state index in [0.29, 0.717) is 11.0 Å². The van der Waals surface area contributed by atoms with Gasteiger partial charge in [-0.2, -0.15) is 0 Å². The molecule has 1 heterocycles. The van der Waals surface area contributed by atoms with Crippen LogP contribution in [0.2, 0.25) is 0 Å². The third-order valence-corrected chi connectivity index (χ3v) is 5.00. The summed E-state index contributed by atoms with van der Waals surface area (Å²) in [6, 6.07) is 7.25. The first-order valence-electron chi connectivity index (χ1n) is 7.45. The molecular weight excluding hydrogens is 250 g/mol. The number of piperidine rings is 1. The lowest BCUT2D eigenvalue weighted by atomic mass is 9.72. The van der Waals surface area contributed by atoms with E-state index in [9.17, 15) is 4.79 Å². The van der Waals surface area contributed by atoms with Crippen LogP contribution in [0.25, 0.3) is 0 Å². The maximum Gasteiger partial charge on any atom is 0.335 e. The highest BCUT2D eigenvalue weighted by Gasteiger charge is 2.32. The van der Waals surface area contributed by atoms with E-state index in [2.05, 4.69) is 25.7 Å². The Morgan fingerprint density at radius 3 is 2.25 bits per heavy atom. The number of likely N-dealkylation sites (tertiary alicyclic amines) is 1. The molecule has 1 saturated heterocycles. The van der Waals surface area contributed by atoms with Crippen LogP contribution in [0.4, 0.5) is 0 Å². The molecule has 20 heavy (non-hydrogen) atoms. The van der Waals surface area contributed by atoms with Crippen LogP contribution in [-0.4, -0.2) is 29.1 Å². The first kappa shape index (κ1) is 15.0. The molecule has 0 radical (unpaired) electrons. The summed E-state index contributed by atoms with van der Waals surface area (Å²) < 4.78 is 0. The van der Waals surface area contributed by atoms with Crippen LogP contribution in [0.3, 0.4) is 0 Å². The molecule has 0 amide bonds. The molecule has 1 aliphatic heterocycles. The highest BCUT2D eigenvalue weighted by molar-refractivity contribution is 5.87. The average Bonchev–Trinajstić information content (AvgIpc) is 2.42. The summed E-state index contributed by atoms with van der Waals surface area (Å²) in [6.45, 7) is 10.2. The van der Waals surface area contributed by atoms with Crippen molar-refractivity contribution in [2.75, 3.05) is 13.1 Å². The van der Waals surface area contributed by atoms with Gasteiger partial charge in [-0.05, 0) is 55.0 Å². The number of carboxylic acids is 1. The number of nitrogens with zero attached hydrogens (tertiary/aromatic N) is 1. The van der Waals surface area contributed by atoms with E-state index >= 15 is 0 Å². The van der Waals surface area contributed by atoms with Gasteiger partial charge in [-0.1, -0.05) is 32.9 Å². The molecule has 3 heteroatoms. The summed E-state index contributed by atoms with van der Waals surface area (Å²) in [6.07, 6.45) is 2.50. The predicted molar refractivity (Wildman–Crippen MR) is 80.9 cm³/mol. The fourth-order valence-electron chi connectivity index (χ4n) is 2.81. The minimum absolute atomic E-state index is 0.361. The number of benzene rings is 1. The van der Waals surface area contributed by atoms with Crippen LogP contribution in [0.1, 0.15) is 49.5 Å². The largest absolute Gasteiger partial charge is 0.478 e. The molecule has 0 aliphatic carbocycles. The van der Waals surface area contributed by atoms with Crippen molar-refractivity contribution in [2.45, 2.75) is 40.2 Å². The van der Waals surface area contributed by atoms with E-state index < -0.39 is 5.97 Å². The van der Waals surface area contributed by atoms with Gasteiger partial charge in [0.2, 0.25) is 0 Å². The first-order valence-corrected chi connectivity index (χ1v) is 7.45. The van der Waals surface area contributed by atoms with Crippen LogP contribution < -0.4 is 0 Å². The van der Waals surface area contributed by atoms with E-state index in [-0.39, 0.29) is 0 Å². The number of rotatable bonds is 4. The van der Waals surface area contributed by atoms with Gasteiger partial charge in [0.15, 0.2) is 0 Å². The molecule has 0 aromatic heterocycles. The van der Waals surface area contributed by atoms with E-state index in [4.69, 9.17) is 5.11 Å². The third kappa shape index (κ3) is 3.40. The van der Waals surface area contributed by atoms with Gasteiger partial charge in [-0.25, -0.2) is 4.79 Å². The standard InChI is InChI=1S/C17H25NO2/c1-13(2)17(3)8-10-18(11-9-17)12-14-4-6-15(7-5-14)16(19)20/h4-7,13H,8-12H2,1-3H3,(H,19,20). The lowest BCUT2D eigenvalue weighted by Gasteiger charge is -2.42. The van der Waals surface area contributed by atoms with Crippen LogP contribution in [0.5, 0.6) is 0 Å². The van der Waals surface area contributed by atoms with Crippen molar-refractivity contribution < 1.29 is 9.90 Å².